The quantitative estimate of drug-likeness (QED) is 0.207. The summed E-state index contributed by atoms with van der Waals surface area (Å²) in [6.45, 7) is 2.45. The van der Waals surface area contributed by atoms with Gasteiger partial charge < -0.3 is 20.9 Å². The first-order valence-corrected chi connectivity index (χ1v) is 12.2. The third-order valence-electron chi connectivity index (χ3n) is 6.44. The van der Waals surface area contributed by atoms with Gasteiger partial charge in [0.25, 0.3) is 0 Å². The normalized spacial score (nSPS) is 18.0. The number of esters is 2. The number of unbranched alkanes of at least 4 members (excludes halogenated alkanes) is 1. The topological polar surface area (TPSA) is 105 Å². The van der Waals surface area contributed by atoms with Crippen LogP contribution in [0.2, 0.25) is 0 Å². The summed E-state index contributed by atoms with van der Waals surface area (Å²) >= 11 is 0. The highest BCUT2D eigenvalue weighted by Gasteiger charge is 2.27. The van der Waals surface area contributed by atoms with Crippen LogP contribution in [0.15, 0.2) is 48.5 Å². The molecule has 182 valence electrons. The molecule has 0 unspecified atom stereocenters. The average molecular weight is 465 g/mol. The maximum atomic E-state index is 12.5. The SMILES string of the molecule is CCCC[C@H]1CC[C@H](C(=O)Oc2ccc(/C=C/C(=O)OCCc3ccc(N)cc3N)cc2)CC1. The molecule has 0 saturated heterocycles. The van der Waals surface area contributed by atoms with Gasteiger partial charge in [-0.3, -0.25) is 4.79 Å². The first kappa shape index (κ1) is 25.3. The summed E-state index contributed by atoms with van der Waals surface area (Å²) < 4.78 is 10.8. The van der Waals surface area contributed by atoms with E-state index in [0.717, 1.165) is 42.7 Å². The molecule has 3 rings (SSSR count). The van der Waals surface area contributed by atoms with Gasteiger partial charge in [0.2, 0.25) is 0 Å². The average Bonchev–Trinajstić information content (AvgIpc) is 2.84. The summed E-state index contributed by atoms with van der Waals surface area (Å²) in [5.41, 5.74) is 14.5. The molecule has 1 fully saturated rings. The van der Waals surface area contributed by atoms with Crippen molar-refractivity contribution in [2.75, 3.05) is 18.1 Å². The molecule has 0 aliphatic heterocycles. The van der Waals surface area contributed by atoms with Gasteiger partial charge in [0.15, 0.2) is 0 Å². The minimum absolute atomic E-state index is 0.00388. The Hall–Kier alpha value is -3.28. The molecule has 1 saturated carbocycles. The first-order valence-electron chi connectivity index (χ1n) is 12.2. The van der Waals surface area contributed by atoms with Gasteiger partial charge in [-0.2, -0.15) is 0 Å². The second-order valence-corrected chi connectivity index (χ2v) is 9.06. The van der Waals surface area contributed by atoms with Crippen LogP contribution in [0.25, 0.3) is 6.08 Å². The van der Waals surface area contributed by atoms with Crippen LogP contribution in [-0.2, 0) is 20.7 Å². The van der Waals surface area contributed by atoms with Crippen LogP contribution in [0.1, 0.15) is 63.0 Å². The summed E-state index contributed by atoms with van der Waals surface area (Å²) in [5.74, 6) is 0.717. The van der Waals surface area contributed by atoms with Gasteiger partial charge >= 0.3 is 11.9 Å². The smallest absolute Gasteiger partial charge is 0.330 e. The highest BCUT2D eigenvalue weighted by molar-refractivity contribution is 5.87. The number of hydrogen-bond acceptors (Lipinski definition) is 6. The van der Waals surface area contributed by atoms with Gasteiger partial charge in [-0.05, 0) is 73.1 Å². The Morgan fingerprint density at radius 3 is 2.44 bits per heavy atom. The lowest BCUT2D eigenvalue weighted by atomic mass is 9.80. The molecule has 2 aromatic rings. The zero-order valence-corrected chi connectivity index (χ0v) is 20.0. The fourth-order valence-electron chi connectivity index (χ4n) is 4.34. The molecular weight excluding hydrogens is 428 g/mol. The van der Waals surface area contributed by atoms with E-state index >= 15 is 0 Å². The summed E-state index contributed by atoms with van der Waals surface area (Å²) in [4.78, 5) is 24.5. The summed E-state index contributed by atoms with van der Waals surface area (Å²) in [7, 11) is 0. The van der Waals surface area contributed by atoms with Crippen LogP contribution in [0, 0.1) is 11.8 Å². The largest absolute Gasteiger partial charge is 0.462 e. The Morgan fingerprint density at radius 1 is 1.03 bits per heavy atom. The van der Waals surface area contributed by atoms with Gasteiger partial charge in [0.05, 0.1) is 12.5 Å². The fourth-order valence-corrected chi connectivity index (χ4v) is 4.34. The Bertz CT molecular complexity index is 976. The standard InChI is InChI=1S/C28H36N2O4/c1-2-3-4-20-5-10-23(11-6-20)28(32)34-25-14-7-21(8-15-25)9-16-27(31)33-18-17-22-12-13-24(29)19-26(22)30/h7-9,12-16,19-20,23H,2-6,10-11,17-18,29-30H2,1H3/b16-9+/t20-,23-. The Labute approximate surface area is 202 Å². The number of nitrogens with two attached hydrogens (primary N) is 2. The van der Waals surface area contributed by atoms with E-state index in [2.05, 4.69) is 6.92 Å². The van der Waals surface area contributed by atoms with Crippen LogP contribution in [0.3, 0.4) is 0 Å². The number of ether oxygens (including phenoxy) is 2. The zero-order valence-electron chi connectivity index (χ0n) is 20.0. The molecule has 1 aliphatic rings. The molecule has 0 bridgehead atoms. The number of benzene rings is 2. The van der Waals surface area contributed by atoms with Crippen molar-refractivity contribution >= 4 is 29.4 Å². The van der Waals surface area contributed by atoms with Gasteiger partial charge in [-0.1, -0.05) is 44.4 Å². The lowest BCUT2D eigenvalue weighted by molar-refractivity contribution is -0.140. The summed E-state index contributed by atoms with van der Waals surface area (Å²) in [5, 5.41) is 0. The highest BCUT2D eigenvalue weighted by Crippen LogP contribution is 2.32. The van der Waals surface area contributed by atoms with Crippen molar-refractivity contribution in [3.63, 3.8) is 0 Å². The number of rotatable bonds is 10. The Morgan fingerprint density at radius 2 is 1.76 bits per heavy atom. The zero-order chi connectivity index (χ0) is 24.3. The number of nitrogen functional groups attached to an aromatic ring is 2. The molecule has 4 N–H and O–H groups in total. The van der Waals surface area contributed by atoms with Gasteiger partial charge in [-0.15, -0.1) is 0 Å². The monoisotopic (exact) mass is 464 g/mol. The maximum absolute atomic E-state index is 12.5. The molecule has 6 heteroatoms. The molecule has 34 heavy (non-hydrogen) atoms. The molecule has 0 spiro atoms. The van der Waals surface area contributed by atoms with Gasteiger partial charge in [0, 0.05) is 23.9 Å². The van der Waals surface area contributed by atoms with E-state index < -0.39 is 5.97 Å². The number of carbonyl (C=O) groups is 2. The number of hydrogen-bond donors (Lipinski definition) is 2. The van der Waals surface area contributed by atoms with Gasteiger partial charge in [-0.25, -0.2) is 4.79 Å². The van der Waals surface area contributed by atoms with E-state index in [4.69, 9.17) is 20.9 Å². The van der Waals surface area contributed by atoms with Crippen molar-refractivity contribution in [2.45, 2.75) is 58.3 Å². The van der Waals surface area contributed by atoms with Crippen molar-refractivity contribution in [3.05, 3.63) is 59.7 Å². The maximum Gasteiger partial charge on any atom is 0.330 e. The molecule has 0 atom stereocenters. The molecule has 2 aromatic carbocycles. The third-order valence-corrected chi connectivity index (χ3v) is 6.44. The molecule has 0 amide bonds. The third kappa shape index (κ3) is 7.94. The molecule has 6 nitrogen and oxygen atoms in total. The van der Waals surface area contributed by atoms with Gasteiger partial charge in [0.1, 0.15) is 5.75 Å². The Balaban J connectivity index is 1.39. The summed E-state index contributed by atoms with van der Waals surface area (Å²) in [6, 6.07) is 12.4. The van der Waals surface area contributed by atoms with E-state index in [1.165, 1.54) is 25.3 Å². The van der Waals surface area contributed by atoms with Crippen molar-refractivity contribution in [3.8, 4) is 5.75 Å². The van der Waals surface area contributed by atoms with Crippen molar-refractivity contribution < 1.29 is 19.1 Å². The predicted octanol–water partition coefficient (Wildman–Crippen LogP) is 5.55. The molecule has 1 aliphatic carbocycles. The van der Waals surface area contributed by atoms with E-state index in [9.17, 15) is 9.59 Å². The molecule has 0 radical (unpaired) electrons. The second-order valence-electron chi connectivity index (χ2n) is 9.06. The fraction of sp³-hybridized carbons (Fsp3) is 0.429. The second kappa shape index (κ2) is 12.8. The van der Waals surface area contributed by atoms with Crippen LogP contribution < -0.4 is 16.2 Å². The minimum Gasteiger partial charge on any atom is -0.462 e. The molecular formula is C28H36N2O4. The lowest BCUT2D eigenvalue weighted by Crippen LogP contribution is -2.25. The van der Waals surface area contributed by atoms with Crippen LogP contribution in [0.4, 0.5) is 11.4 Å². The van der Waals surface area contributed by atoms with E-state index in [1.54, 1.807) is 30.3 Å². The van der Waals surface area contributed by atoms with Crippen molar-refractivity contribution in [2.24, 2.45) is 11.8 Å². The van der Waals surface area contributed by atoms with Crippen molar-refractivity contribution in [1.29, 1.82) is 0 Å². The van der Waals surface area contributed by atoms with Crippen molar-refractivity contribution in [1.82, 2.24) is 0 Å². The first-order chi connectivity index (χ1) is 16.4. The van der Waals surface area contributed by atoms with Crippen LogP contribution >= 0.6 is 0 Å². The minimum atomic E-state index is -0.431. The number of anilines is 2. The van der Waals surface area contributed by atoms with Crippen LogP contribution in [0.5, 0.6) is 5.75 Å². The van der Waals surface area contributed by atoms with Crippen LogP contribution in [-0.4, -0.2) is 18.5 Å². The van der Waals surface area contributed by atoms with E-state index in [1.807, 2.05) is 18.2 Å². The van der Waals surface area contributed by atoms with E-state index in [0.29, 0.717) is 23.5 Å². The molecule has 0 aromatic heterocycles. The Kier molecular flexibility index (Phi) is 9.56. The summed E-state index contributed by atoms with van der Waals surface area (Å²) in [6.07, 6.45) is 11.4. The highest BCUT2D eigenvalue weighted by atomic mass is 16.5. The predicted molar refractivity (Wildman–Crippen MR) is 136 cm³/mol. The lowest BCUT2D eigenvalue weighted by Gasteiger charge is -2.27. The molecule has 0 heterocycles. The van der Waals surface area contributed by atoms with E-state index in [-0.39, 0.29) is 18.5 Å². The number of carbonyl (C=O) groups excluding carboxylic acids is 2.